The Labute approximate surface area is 185 Å². The third kappa shape index (κ3) is 4.34. The largest absolute Gasteiger partial charge is 0.320 e. The molecule has 0 saturated carbocycles. The number of urea groups is 1. The van der Waals surface area contributed by atoms with Gasteiger partial charge in [-0.3, -0.25) is 0 Å². The van der Waals surface area contributed by atoms with Gasteiger partial charge in [0.05, 0.1) is 4.90 Å². The summed E-state index contributed by atoms with van der Waals surface area (Å²) in [7, 11) is -3.52. The fourth-order valence-electron chi connectivity index (χ4n) is 4.64. The monoisotopic (exact) mass is 441 g/mol. The molecule has 0 radical (unpaired) electrons. The van der Waals surface area contributed by atoms with Crippen molar-refractivity contribution >= 4 is 16.1 Å². The van der Waals surface area contributed by atoms with Gasteiger partial charge in [0.2, 0.25) is 10.0 Å². The Hall–Kier alpha value is -2.38. The highest BCUT2D eigenvalue weighted by Crippen LogP contribution is 2.28. The number of piperidine rings is 1. The van der Waals surface area contributed by atoms with Crippen molar-refractivity contribution in [3.8, 4) is 0 Å². The Kier molecular flexibility index (Phi) is 6.08. The van der Waals surface area contributed by atoms with E-state index in [-0.39, 0.29) is 12.1 Å². The summed E-state index contributed by atoms with van der Waals surface area (Å²) in [4.78, 5) is 17.2. The Morgan fingerprint density at radius 3 is 2.19 bits per heavy atom. The van der Waals surface area contributed by atoms with Gasteiger partial charge >= 0.3 is 6.03 Å². The van der Waals surface area contributed by atoms with Gasteiger partial charge in [-0.25, -0.2) is 13.2 Å². The minimum Gasteiger partial charge on any atom is -0.320 e. The zero-order valence-corrected chi connectivity index (χ0v) is 19.4. The predicted molar refractivity (Wildman–Crippen MR) is 121 cm³/mol. The van der Waals surface area contributed by atoms with Crippen LogP contribution in [0, 0.1) is 20.8 Å². The first kappa shape index (κ1) is 21.8. The zero-order chi connectivity index (χ0) is 22.2. The summed E-state index contributed by atoms with van der Waals surface area (Å²) >= 11 is 0. The second-order valence-corrected chi connectivity index (χ2v) is 10.6. The van der Waals surface area contributed by atoms with Crippen LogP contribution in [0.1, 0.15) is 35.1 Å². The van der Waals surface area contributed by atoms with E-state index in [2.05, 4.69) is 0 Å². The van der Waals surface area contributed by atoms with Crippen LogP contribution in [-0.2, 0) is 16.6 Å². The molecule has 2 aliphatic rings. The van der Waals surface area contributed by atoms with Crippen LogP contribution in [0.2, 0.25) is 0 Å². The van der Waals surface area contributed by atoms with E-state index in [1.165, 1.54) is 0 Å². The van der Waals surface area contributed by atoms with Crippen LogP contribution in [-0.4, -0.2) is 60.8 Å². The molecule has 166 valence electrons. The second kappa shape index (κ2) is 8.63. The smallest absolute Gasteiger partial charge is 0.320 e. The van der Waals surface area contributed by atoms with Gasteiger partial charge in [0.1, 0.15) is 0 Å². The molecule has 2 heterocycles. The molecule has 2 amide bonds. The molecule has 6 nitrogen and oxygen atoms in total. The normalized spacial score (nSPS) is 18.7. The molecule has 4 rings (SSSR count). The molecule has 2 aromatic carbocycles. The number of hydrogen-bond donors (Lipinski definition) is 0. The van der Waals surface area contributed by atoms with Crippen LogP contribution in [0.3, 0.4) is 0 Å². The van der Waals surface area contributed by atoms with Crippen molar-refractivity contribution in [3.63, 3.8) is 0 Å². The molecule has 2 aromatic rings. The molecule has 2 aliphatic heterocycles. The molecule has 0 unspecified atom stereocenters. The lowest BCUT2D eigenvalue weighted by Crippen LogP contribution is -2.48. The van der Waals surface area contributed by atoms with Crippen molar-refractivity contribution in [2.75, 3.05) is 26.2 Å². The molecule has 0 aromatic heterocycles. The van der Waals surface area contributed by atoms with E-state index < -0.39 is 10.0 Å². The topological polar surface area (TPSA) is 60.9 Å². The van der Waals surface area contributed by atoms with Gasteiger partial charge in [-0.2, -0.15) is 4.31 Å². The minimum atomic E-state index is -3.52. The SMILES string of the molecule is Cc1cc(C)c(S(=O)(=O)N2CCC(N3CCN(Cc4ccccc4)C3=O)CC2)cc1C. The first-order valence-corrected chi connectivity index (χ1v) is 12.4. The Balaban J connectivity index is 1.40. The van der Waals surface area contributed by atoms with E-state index in [9.17, 15) is 13.2 Å². The van der Waals surface area contributed by atoms with E-state index in [0.29, 0.717) is 50.5 Å². The van der Waals surface area contributed by atoms with Crippen molar-refractivity contribution < 1.29 is 13.2 Å². The average Bonchev–Trinajstić information content (AvgIpc) is 3.11. The Morgan fingerprint density at radius 1 is 0.871 bits per heavy atom. The molecule has 0 N–H and O–H groups in total. The van der Waals surface area contributed by atoms with Crippen LogP contribution in [0.15, 0.2) is 47.4 Å². The van der Waals surface area contributed by atoms with Gasteiger partial charge in [-0.15, -0.1) is 0 Å². The molecule has 31 heavy (non-hydrogen) atoms. The summed E-state index contributed by atoms with van der Waals surface area (Å²) < 4.78 is 28.1. The first-order valence-electron chi connectivity index (χ1n) is 10.9. The number of carbonyl (C=O) groups is 1. The number of aryl methyl sites for hydroxylation is 3. The van der Waals surface area contributed by atoms with Crippen molar-refractivity contribution in [1.29, 1.82) is 0 Å². The fraction of sp³-hybridized carbons (Fsp3) is 0.458. The molecule has 2 fully saturated rings. The third-order valence-electron chi connectivity index (χ3n) is 6.62. The highest BCUT2D eigenvalue weighted by atomic mass is 32.2. The van der Waals surface area contributed by atoms with Crippen LogP contribution in [0.4, 0.5) is 4.79 Å². The molecule has 0 atom stereocenters. The van der Waals surface area contributed by atoms with E-state index >= 15 is 0 Å². The molecule has 7 heteroatoms. The van der Waals surface area contributed by atoms with Gasteiger partial charge in [-0.05, 0) is 61.9 Å². The summed E-state index contributed by atoms with van der Waals surface area (Å²) in [6.45, 7) is 8.74. The number of nitrogens with zero attached hydrogens (tertiary/aromatic N) is 3. The number of sulfonamides is 1. The van der Waals surface area contributed by atoms with Crippen LogP contribution in [0.5, 0.6) is 0 Å². The number of carbonyl (C=O) groups excluding carboxylic acids is 1. The van der Waals surface area contributed by atoms with Gasteiger partial charge in [-0.1, -0.05) is 36.4 Å². The van der Waals surface area contributed by atoms with Crippen molar-refractivity contribution in [2.24, 2.45) is 0 Å². The first-order chi connectivity index (χ1) is 14.8. The predicted octanol–water partition coefficient (Wildman–Crippen LogP) is 3.70. The maximum absolute atomic E-state index is 13.3. The van der Waals surface area contributed by atoms with Gasteiger partial charge < -0.3 is 9.80 Å². The Bertz CT molecular complexity index is 1060. The van der Waals surface area contributed by atoms with Gasteiger partial charge in [0.15, 0.2) is 0 Å². The lowest BCUT2D eigenvalue weighted by atomic mass is 10.1. The lowest BCUT2D eigenvalue weighted by Gasteiger charge is -2.36. The fourth-order valence-corrected chi connectivity index (χ4v) is 6.40. The van der Waals surface area contributed by atoms with Crippen LogP contribution >= 0.6 is 0 Å². The third-order valence-corrected chi connectivity index (χ3v) is 8.66. The summed E-state index contributed by atoms with van der Waals surface area (Å²) in [6.07, 6.45) is 1.35. The number of rotatable bonds is 5. The summed E-state index contributed by atoms with van der Waals surface area (Å²) in [5.41, 5.74) is 4.00. The zero-order valence-electron chi connectivity index (χ0n) is 18.5. The number of hydrogen-bond acceptors (Lipinski definition) is 3. The van der Waals surface area contributed by atoms with E-state index in [4.69, 9.17) is 0 Å². The quantitative estimate of drug-likeness (QED) is 0.711. The second-order valence-electron chi connectivity index (χ2n) is 8.72. The van der Waals surface area contributed by atoms with Gasteiger partial charge in [0, 0.05) is 38.8 Å². The Morgan fingerprint density at radius 2 is 1.52 bits per heavy atom. The van der Waals surface area contributed by atoms with E-state index in [0.717, 1.165) is 22.3 Å². The van der Waals surface area contributed by atoms with Crippen molar-refractivity contribution in [1.82, 2.24) is 14.1 Å². The molecular weight excluding hydrogens is 410 g/mol. The highest BCUT2D eigenvalue weighted by Gasteiger charge is 2.38. The van der Waals surface area contributed by atoms with Crippen LogP contribution in [0.25, 0.3) is 0 Å². The molecule has 0 aliphatic carbocycles. The van der Waals surface area contributed by atoms with Crippen molar-refractivity contribution in [2.45, 2.75) is 51.1 Å². The molecular formula is C24H31N3O3S. The van der Waals surface area contributed by atoms with E-state index in [1.807, 2.05) is 67.0 Å². The van der Waals surface area contributed by atoms with Gasteiger partial charge in [0.25, 0.3) is 0 Å². The molecule has 2 saturated heterocycles. The average molecular weight is 442 g/mol. The summed E-state index contributed by atoms with van der Waals surface area (Å²) in [5, 5.41) is 0. The van der Waals surface area contributed by atoms with E-state index in [1.54, 1.807) is 10.4 Å². The maximum Gasteiger partial charge on any atom is 0.320 e. The standard InChI is InChI=1S/C24H31N3O3S/c1-18-15-20(3)23(16-19(18)2)31(29,30)26-11-9-22(10-12-26)27-14-13-25(24(27)28)17-21-7-5-4-6-8-21/h4-8,15-16,22H,9-14,17H2,1-3H3. The van der Waals surface area contributed by atoms with Crippen molar-refractivity contribution in [3.05, 3.63) is 64.7 Å². The molecule has 0 spiro atoms. The highest BCUT2D eigenvalue weighted by molar-refractivity contribution is 7.89. The molecule has 0 bridgehead atoms. The summed E-state index contributed by atoms with van der Waals surface area (Å²) in [6, 6.07) is 13.9. The lowest BCUT2D eigenvalue weighted by molar-refractivity contribution is 0.153. The minimum absolute atomic E-state index is 0.0650. The summed E-state index contributed by atoms with van der Waals surface area (Å²) in [5.74, 6) is 0. The van der Waals surface area contributed by atoms with Crippen LogP contribution < -0.4 is 0 Å². The number of amides is 2. The number of benzene rings is 2. The maximum atomic E-state index is 13.3.